The van der Waals surface area contributed by atoms with E-state index in [9.17, 15) is 9.59 Å². The number of ketones is 1. The fourth-order valence-electron chi connectivity index (χ4n) is 1.47. The first-order chi connectivity index (χ1) is 9.09. The molecule has 5 nitrogen and oxygen atoms in total. The summed E-state index contributed by atoms with van der Waals surface area (Å²) in [5, 5.41) is 2.71. The Morgan fingerprint density at radius 1 is 1.37 bits per heavy atom. The molecule has 0 fully saturated rings. The lowest BCUT2D eigenvalue weighted by Gasteiger charge is -2.08. The quantitative estimate of drug-likeness (QED) is 0.572. The highest BCUT2D eigenvalue weighted by atomic mass is 16.5. The van der Waals surface area contributed by atoms with E-state index in [0.29, 0.717) is 18.7 Å². The molecule has 0 spiro atoms. The van der Waals surface area contributed by atoms with Gasteiger partial charge < -0.3 is 10.1 Å². The molecular weight excluding hydrogens is 244 g/mol. The Morgan fingerprint density at radius 2 is 2.16 bits per heavy atom. The van der Waals surface area contributed by atoms with Gasteiger partial charge >= 0.3 is 0 Å². The van der Waals surface area contributed by atoms with Crippen molar-refractivity contribution in [3.63, 3.8) is 0 Å². The van der Waals surface area contributed by atoms with Crippen LogP contribution in [0.3, 0.4) is 0 Å². The molecule has 1 N–H and O–H groups in total. The van der Waals surface area contributed by atoms with Crippen LogP contribution in [0.4, 0.5) is 0 Å². The Morgan fingerprint density at radius 3 is 2.79 bits per heavy atom. The van der Waals surface area contributed by atoms with Crippen LogP contribution < -0.4 is 5.32 Å². The number of pyridine rings is 1. The van der Waals surface area contributed by atoms with Crippen molar-refractivity contribution in [2.24, 2.45) is 0 Å². The molecule has 0 aliphatic rings. The molecule has 0 bridgehead atoms. The van der Waals surface area contributed by atoms with Gasteiger partial charge in [0, 0.05) is 37.3 Å². The van der Waals surface area contributed by atoms with Gasteiger partial charge in [-0.15, -0.1) is 0 Å². The van der Waals surface area contributed by atoms with Gasteiger partial charge in [-0.1, -0.05) is 0 Å². The molecule has 1 rings (SSSR count). The van der Waals surface area contributed by atoms with E-state index in [0.717, 1.165) is 0 Å². The summed E-state index contributed by atoms with van der Waals surface area (Å²) in [6, 6.07) is 3.40. The number of ether oxygens (including phenoxy) is 1. The predicted octanol–water partition coefficient (Wildman–Crippen LogP) is 1.59. The van der Waals surface area contributed by atoms with Crippen LogP contribution in [0.5, 0.6) is 0 Å². The molecule has 1 aromatic rings. The molecular formula is C14H20N2O3. The zero-order chi connectivity index (χ0) is 14.1. The maximum Gasteiger partial charge on any atom is 0.220 e. The summed E-state index contributed by atoms with van der Waals surface area (Å²) < 4.78 is 5.30. The van der Waals surface area contributed by atoms with Crippen LogP contribution in [0.2, 0.25) is 0 Å². The highest BCUT2D eigenvalue weighted by Gasteiger charge is 2.08. The van der Waals surface area contributed by atoms with E-state index in [-0.39, 0.29) is 30.6 Å². The van der Waals surface area contributed by atoms with Gasteiger partial charge in [0.1, 0.15) is 0 Å². The number of carbonyl (C=O) groups is 2. The van der Waals surface area contributed by atoms with E-state index < -0.39 is 0 Å². The molecule has 1 amide bonds. The minimum atomic E-state index is -0.135. The SMILES string of the molecule is CC(C)OCCNC(=O)CCC(=O)c1cccnc1. The van der Waals surface area contributed by atoms with Crippen molar-refractivity contribution in [3.05, 3.63) is 30.1 Å². The zero-order valence-corrected chi connectivity index (χ0v) is 11.4. The molecule has 19 heavy (non-hydrogen) atoms. The van der Waals surface area contributed by atoms with Gasteiger partial charge in [-0.05, 0) is 26.0 Å². The maximum absolute atomic E-state index is 11.7. The van der Waals surface area contributed by atoms with Gasteiger partial charge in [0.25, 0.3) is 0 Å². The molecule has 1 aromatic heterocycles. The average molecular weight is 264 g/mol. The number of amides is 1. The third kappa shape index (κ3) is 6.67. The summed E-state index contributed by atoms with van der Waals surface area (Å²) in [5.41, 5.74) is 0.540. The summed E-state index contributed by atoms with van der Waals surface area (Å²) >= 11 is 0. The highest BCUT2D eigenvalue weighted by Crippen LogP contribution is 2.03. The lowest BCUT2D eigenvalue weighted by Crippen LogP contribution is -2.28. The Labute approximate surface area is 113 Å². The third-order valence-electron chi connectivity index (χ3n) is 2.44. The molecule has 0 unspecified atom stereocenters. The monoisotopic (exact) mass is 264 g/mol. The number of Topliss-reactive ketones (excluding diaryl/α,β-unsaturated/α-hetero) is 1. The summed E-state index contributed by atoms with van der Waals surface area (Å²) in [4.78, 5) is 27.1. The average Bonchev–Trinajstić information content (AvgIpc) is 2.41. The first-order valence-corrected chi connectivity index (χ1v) is 6.41. The molecule has 0 atom stereocenters. The first kappa shape index (κ1) is 15.3. The zero-order valence-electron chi connectivity index (χ0n) is 11.4. The van der Waals surface area contributed by atoms with Crippen LogP contribution in [-0.4, -0.2) is 35.9 Å². The minimum Gasteiger partial charge on any atom is -0.377 e. The van der Waals surface area contributed by atoms with Crippen LogP contribution in [0.25, 0.3) is 0 Å². The lowest BCUT2D eigenvalue weighted by atomic mass is 10.1. The Balaban J connectivity index is 2.18. The second-order valence-electron chi connectivity index (χ2n) is 4.43. The van der Waals surface area contributed by atoms with Gasteiger partial charge in [0.15, 0.2) is 5.78 Å². The number of rotatable bonds is 8. The molecule has 0 aliphatic heterocycles. The van der Waals surface area contributed by atoms with Crippen molar-refractivity contribution < 1.29 is 14.3 Å². The molecule has 0 saturated carbocycles. The molecule has 0 radical (unpaired) electrons. The van der Waals surface area contributed by atoms with E-state index in [1.54, 1.807) is 18.3 Å². The smallest absolute Gasteiger partial charge is 0.220 e. The van der Waals surface area contributed by atoms with E-state index >= 15 is 0 Å². The molecule has 0 aliphatic carbocycles. The van der Waals surface area contributed by atoms with E-state index in [4.69, 9.17) is 4.74 Å². The van der Waals surface area contributed by atoms with Gasteiger partial charge in [-0.3, -0.25) is 14.6 Å². The summed E-state index contributed by atoms with van der Waals surface area (Å²) in [6.45, 7) is 4.83. The van der Waals surface area contributed by atoms with Crippen molar-refractivity contribution in [3.8, 4) is 0 Å². The van der Waals surface area contributed by atoms with Gasteiger partial charge in [-0.2, -0.15) is 0 Å². The maximum atomic E-state index is 11.7. The fraction of sp³-hybridized carbons (Fsp3) is 0.500. The molecule has 1 heterocycles. The number of nitrogens with one attached hydrogen (secondary N) is 1. The number of carbonyl (C=O) groups excluding carboxylic acids is 2. The number of hydrogen-bond donors (Lipinski definition) is 1. The molecule has 104 valence electrons. The summed E-state index contributed by atoms with van der Waals surface area (Å²) in [7, 11) is 0. The molecule has 0 saturated heterocycles. The van der Waals surface area contributed by atoms with Gasteiger partial charge in [0.05, 0.1) is 12.7 Å². The van der Waals surface area contributed by atoms with E-state index in [2.05, 4.69) is 10.3 Å². The Hall–Kier alpha value is -1.75. The van der Waals surface area contributed by atoms with Crippen LogP contribution >= 0.6 is 0 Å². The highest BCUT2D eigenvalue weighted by molar-refractivity contribution is 5.97. The number of nitrogens with zero attached hydrogens (tertiary/aromatic N) is 1. The second kappa shape index (κ2) is 8.37. The summed E-state index contributed by atoms with van der Waals surface area (Å²) in [6.07, 6.45) is 3.66. The molecule has 0 aromatic carbocycles. The first-order valence-electron chi connectivity index (χ1n) is 6.41. The van der Waals surface area contributed by atoms with Crippen molar-refractivity contribution in [2.45, 2.75) is 32.8 Å². The molecule has 5 heteroatoms. The summed E-state index contributed by atoms with van der Waals surface area (Å²) in [5.74, 6) is -0.203. The number of hydrogen-bond acceptors (Lipinski definition) is 4. The van der Waals surface area contributed by atoms with Crippen molar-refractivity contribution in [1.82, 2.24) is 10.3 Å². The van der Waals surface area contributed by atoms with Crippen LogP contribution in [0.15, 0.2) is 24.5 Å². The van der Waals surface area contributed by atoms with Gasteiger partial charge in [-0.25, -0.2) is 0 Å². The van der Waals surface area contributed by atoms with Crippen molar-refractivity contribution in [1.29, 1.82) is 0 Å². The Bertz CT molecular complexity index is 404. The van der Waals surface area contributed by atoms with Crippen LogP contribution in [0, 0.1) is 0 Å². The van der Waals surface area contributed by atoms with Crippen molar-refractivity contribution >= 4 is 11.7 Å². The van der Waals surface area contributed by atoms with E-state index in [1.807, 2.05) is 13.8 Å². The van der Waals surface area contributed by atoms with Crippen molar-refractivity contribution in [2.75, 3.05) is 13.2 Å². The fourth-order valence-corrected chi connectivity index (χ4v) is 1.47. The standard InChI is InChI=1S/C14H20N2O3/c1-11(2)19-9-8-16-14(18)6-5-13(17)12-4-3-7-15-10-12/h3-4,7,10-11H,5-6,8-9H2,1-2H3,(H,16,18). The third-order valence-corrected chi connectivity index (χ3v) is 2.44. The lowest BCUT2D eigenvalue weighted by molar-refractivity contribution is -0.121. The topological polar surface area (TPSA) is 68.3 Å². The van der Waals surface area contributed by atoms with Crippen LogP contribution in [-0.2, 0) is 9.53 Å². The Kier molecular flexibility index (Phi) is 6.74. The second-order valence-corrected chi connectivity index (χ2v) is 4.43. The minimum absolute atomic E-state index is 0.0679. The van der Waals surface area contributed by atoms with E-state index in [1.165, 1.54) is 6.20 Å². The predicted molar refractivity (Wildman–Crippen MR) is 71.9 cm³/mol. The largest absolute Gasteiger partial charge is 0.377 e. The van der Waals surface area contributed by atoms with Crippen LogP contribution in [0.1, 0.15) is 37.0 Å². The van der Waals surface area contributed by atoms with Gasteiger partial charge in [0.2, 0.25) is 5.91 Å². The number of aromatic nitrogens is 1. The normalized spacial score (nSPS) is 10.5.